The number of nitrogens with zero attached hydrogens (tertiary/aromatic N) is 2. The number of pyridine rings is 1. The molecule has 0 saturated carbocycles. The van der Waals surface area contributed by atoms with E-state index in [4.69, 9.17) is 4.74 Å². The van der Waals surface area contributed by atoms with Crippen molar-refractivity contribution >= 4 is 11.5 Å². The first-order valence-corrected chi connectivity index (χ1v) is 5.85. The average Bonchev–Trinajstić information content (AvgIpc) is 2.40. The second-order valence-corrected chi connectivity index (χ2v) is 4.02. The van der Waals surface area contributed by atoms with Gasteiger partial charge in [-0.2, -0.15) is 0 Å². The maximum absolute atomic E-state index is 10.5. The summed E-state index contributed by atoms with van der Waals surface area (Å²) in [5.74, 6) is 0.660. The van der Waals surface area contributed by atoms with Crippen LogP contribution < -0.4 is 5.32 Å². The summed E-state index contributed by atoms with van der Waals surface area (Å²) in [6, 6.07) is 3.07. The Bertz CT molecular complexity index is 442. The van der Waals surface area contributed by atoms with E-state index in [-0.39, 0.29) is 5.69 Å². The van der Waals surface area contributed by atoms with Crippen molar-refractivity contribution in [3.8, 4) is 0 Å². The molecule has 2 heterocycles. The summed E-state index contributed by atoms with van der Waals surface area (Å²) in [5, 5.41) is 13.6. The van der Waals surface area contributed by atoms with E-state index >= 15 is 0 Å². The van der Waals surface area contributed by atoms with E-state index in [2.05, 4.69) is 16.4 Å². The molecule has 0 fully saturated rings. The molecule has 0 unspecified atom stereocenters. The minimum Gasteiger partial charge on any atom is -0.377 e. The van der Waals surface area contributed by atoms with Crippen molar-refractivity contribution in [2.75, 3.05) is 25.1 Å². The van der Waals surface area contributed by atoms with Crippen LogP contribution in [-0.4, -0.2) is 29.7 Å². The normalized spacial score (nSPS) is 15.0. The van der Waals surface area contributed by atoms with E-state index in [1.54, 1.807) is 6.07 Å². The molecular formula is C12H15N3O3. The molecule has 0 amide bonds. The molecule has 0 saturated heterocycles. The number of ether oxygens (including phenoxy) is 1. The topological polar surface area (TPSA) is 77.3 Å². The number of hydrogen-bond donors (Lipinski definition) is 1. The molecule has 1 aromatic heterocycles. The van der Waals surface area contributed by atoms with E-state index < -0.39 is 4.92 Å². The van der Waals surface area contributed by atoms with Crippen molar-refractivity contribution in [1.82, 2.24) is 4.98 Å². The first kappa shape index (κ1) is 12.5. The lowest BCUT2D eigenvalue weighted by molar-refractivity contribution is -0.385. The highest BCUT2D eigenvalue weighted by molar-refractivity contribution is 5.40. The Kier molecular flexibility index (Phi) is 4.25. The molecule has 0 atom stereocenters. The van der Waals surface area contributed by atoms with Crippen molar-refractivity contribution < 1.29 is 9.66 Å². The van der Waals surface area contributed by atoms with Crippen LogP contribution in [0.5, 0.6) is 0 Å². The van der Waals surface area contributed by atoms with E-state index in [1.807, 2.05) is 0 Å². The lowest BCUT2D eigenvalue weighted by atomic mass is 10.1. The Hall–Kier alpha value is -1.95. The highest BCUT2D eigenvalue weighted by atomic mass is 16.6. The Labute approximate surface area is 105 Å². The van der Waals surface area contributed by atoms with Crippen LogP contribution >= 0.6 is 0 Å². The SMILES string of the molecule is O=[N+]([O-])c1ccc(NCCC2=CCOCC2)nc1. The van der Waals surface area contributed by atoms with E-state index in [1.165, 1.54) is 17.8 Å². The summed E-state index contributed by atoms with van der Waals surface area (Å²) in [6.45, 7) is 2.27. The standard InChI is InChI=1S/C12H15N3O3/c16-15(17)11-1-2-12(14-9-11)13-6-3-10-4-7-18-8-5-10/h1-2,4,9H,3,5-8H2,(H,13,14). The number of hydrogen-bond acceptors (Lipinski definition) is 5. The summed E-state index contributed by atoms with van der Waals surface area (Å²) in [4.78, 5) is 14.0. The van der Waals surface area contributed by atoms with Gasteiger partial charge in [-0.3, -0.25) is 10.1 Å². The predicted molar refractivity (Wildman–Crippen MR) is 67.5 cm³/mol. The summed E-state index contributed by atoms with van der Waals surface area (Å²) < 4.78 is 5.23. The Morgan fingerprint density at radius 1 is 1.50 bits per heavy atom. The smallest absolute Gasteiger partial charge is 0.287 e. The minimum atomic E-state index is -0.455. The molecule has 1 aromatic rings. The molecule has 1 aliphatic rings. The van der Waals surface area contributed by atoms with E-state index in [0.29, 0.717) is 12.4 Å². The monoisotopic (exact) mass is 249 g/mol. The van der Waals surface area contributed by atoms with Gasteiger partial charge < -0.3 is 10.1 Å². The first-order chi connectivity index (χ1) is 8.75. The van der Waals surface area contributed by atoms with Crippen LogP contribution in [-0.2, 0) is 4.74 Å². The molecule has 0 aromatic carbocycles. The Balaban J connectivity index is 1.79. The van der Waals surface area contributed by atoms with Gasteiger partial charge in [-0.15, -0.1) is 0 Å². The molecule has 1 N–H and O–H groups in total. The minimum absolute atomic E-state index is 0.00712. The number of nitro groups is 1. The highest BCUT2D eigenvalue weighted by Gasteiger charge is 2.06. The zero-order valence-corrected chi connectivity index (χ0v) is 9.96. The van der Waals surface area contributed by atoms with Gasteiger partial charge in [-0.25, -0.2) is 4.98 Å². The third-order valence-electron chi connectivity index (χ3n) is 2.77. The quantitative estimate of drug-likeness (QED) is 0.491. The third kappa shape index (κ3) is 3.53. The Morgan fingerprint density at radius 2 is 2.39 bits per heavy atom. The summed E-state index contributed by atoms with van der Waals surface area (Å²) in [5.41, 5.74) is 1.39. The number of anilines is 1. The van der Waals surface area contributed by atoms with Gasteiger partial charge >= 0.3 is 0 Å². The average molecular weight is 249 g/mol. The van der Waals surface area contributed by atoms with Gasteiger partial charge in [0.15, 0.2) is 0 Å². The van der Waals surface area contributed by atoms with Crippen molar-refractivity contribution in [3.63, 3.8) is 0 Å². The van der Waals surface area contributed by atoms with E-state index in [0.717, 1.165) is 26.0 Å². The van der Waals surface area contributed by atoms with Gasteiger partial charge in [-0.05, 0) is 18.9 Å². The molecular weight excluding hydrogens is 234 g/mol. The molecule has 18 heavy (non-hydrogen) atoms. The van der Waals surface area contributed by atoms with Crippen LogP contribution in [0.3, 0.4) is 0 Å². The second kappa shape index (κ2) is 6.11. The van der Waals surface area contributed by atoms with Gasteiger partial charge in [0.1, 0.15) is 12.0 Å². The molecule has 6 heteroatoms. The van der Waals surface area contributed by atoms with Crippen LogP contribution in [0.25, 0.3) is 0 Å². The van der Waals surface area contributed by atoms with Crippen molar-refractivity contribution in [2.24, 2.45) is 0 Å². The predicted octanol–water partition coefficient (Wildman–Crippen LogP) is 2.14. The van der Waals surface area contributed by atoms with E-state index in [9.17, 15) is 10.1 Å². The van der Waals surface area contributed by atoms with Crippen LogP contribution in [0.2, 0.25) is 0 Å². The lowest BCUT2D eigenvalue weighted by Gasteiger charge is -2.13. The fraction of sp³-hybridized carbons (Fsp3) is 0.417. The van der Waals surface area contributed by atoms with Gasteiger partial charge in [0, 0.05) is 12.6 Å². The highest BCUT2D eigenvalue weighted by Crippen LogP contribution is 2.14. The molecule has 0 radical (unpaired) electrons. The fourth-order valence-corrected chi connectivity index (χ4v) is 1.74. The molecule has 96 valence electrons. The summed E-state index contributed by atoms with van der Waals surface area (Å²) >= 11 is 0. The summed E-state index contributed by atoms with van der Waals surface area (Å²) in [6.07, 6.45) is 5.29. The van der Waals surface area contributed by atoms with Gasteiger partial charge in [0.05, 0.1) is 18.1 Å². The maximum Gasteiger partial charge on any atom is 0.287 e. The molecule has 1 aliphatic heterocycles. The zero-order chi connectivity index (χ0) is 12.8. The van der Waals surface area contributed by atoms with Crippen LogP contribution in [0, 0.1) is 10.1 Å². The van der Waals surface area contributed by atoms with Crippen LogP contribution in [0.1, 0.15) is 12.8 Å². The second-order valence-electron chi connectivity index (χ2n) is 4.02. The van der Waals surface area contributed by atoms with Gasteiger partial charge in [-0.1, -0.05) is 11.6 Å². The maximum atomic E-state index is 10.5. The van der Waals surface area contributed by atoms with Crippen LogP contribution in [0.15, 0.2) is 30.0 Å². The molecule has 0 aliphatic carbocycles. The Morgan fingerprint density at radius 3 is 3.00 bits per heavy atom. The summed E-state index contributed by atoms with van der Waals surface area (Å²) in [7, 11) is 0. The zero-order valence-electron chi connectivity index (χ0n) is 9.96. The van der Waals surface area contributed by atoms with Gasteiger partial charge in [0.2, 0.25) is 0 Å². The van der Waals surface area contributed by atoms with Gasteiger partial charge in [0.25, 0.3) is 5.69 Å². The van der Waals surface area contributed by atoms with Crippen molar-refractivity contribution in [1.29, 1.82) is 0 Å². The molecule has 2 rings (SSSR count). The van der Waals surface area contributed by atoms with Crippen molar-refractivity contribution in [2.45, 2.75) is 12.8 Å². The molecule has 0 spiro atoms. The molecule has 6 nitrogen and oxygen atoms in total. The third-order valence-corrected chi connectivity index (χ3v) is 2.77. The van der Waals surface area contributed by atoms with Crippen molar-refractivity contribution in [3.05, 3.63) is 40.1 Å². The number of aromatic nitrogens is 1. The lowest BCUT2D eigenvalue weighted by Crippen LogP contribution is -2.09. The fourth-order valence-electron chi connectivity index (χ4n) is 1.74. The first-order valence-electron chi connectivity index (χ1n) is 5.85. The number of nitrogens with one attached hydrogen (secondary N) is 1. The largest absolute Gasteiger partial charge is 0.377 e. The molecule has 0 bridgehead atoms. The van der Waals surface area contributed by atoms with Crippen LogP contribution in [0.4, 0.5) is 11.5 Å². The number of rotatable bonds is 5.